The molecular weight excluding hydrogens is 302 g/mol. The van der Waals surface area contributed by atoms with E-state index in [4.69, 9.17) is 0 Å². The molecule has 2 rings (SSSR count). The molecule has 0 saturated heterocycles. The zero-order valence-corrected chi connectivity index (χ0v) is 12.3. The van der Waals surface area contributed by atoms with E-state index in [0.717, 1.165) is 20.6 Å². The molecule has 0 aliphatic carbocycles. The molecule has 0 amide bonds. The van der Waals surface area contributed by atoms with Gasteiger partial charge in [0.15, 0.2) is 0 Å². The molecule has 1 aliphatic rings. The van der Waals surface area contributed by atoms with E-state index in [2.05, 4.69) is 22.0 Å². The molecule has 1 aromatic carbocycles. The molecule has 1 aliphatic heterocycles. The Morgan fingerprint density at radius 1 is 1.53 bits per heavy atom. The Morgan fingerprint density at radius 2 is 2.18 bits per heavy atom. The van der Waals surface area contributed by atoms with Crippen LogP contribution >= 0.6 is 27.7 Å². The summed E-state index contributed by atoms with van der Waals surface area (Å²) in [6.45, 7) is 3.96. The van der Waals surface area contributed by atoms with E-state index in [1.54, 1.807) is 0 Å². The van der Waals surface area contributed by atoms with Gasteiger partial charge in [-0.15, -0.1) is 11.8 Å². The summed E-state index contributed by atoms with van der Waals surface area (Å²) < 4.78 is 1.03. The summed E-state index contributed by atoms with van der Waals surface area (Å²) in [7, 11) is 1.94. The second kappa shape index (κ2) is 4.53. The summed E-state index contributed by atoms with van der Waals surface area (Å²) in [6, 6.07) is 4.08. The van der Waals surface area contributed by atoms with Gasteiger partial charge in [-0.25, -0.2) is 0 Å². The summed E-state index contributed by atoms with van der Waals surface area (Å²) in [4.78, 5) is 14.3. The molecule has 0 saturated carbocycles. The summed E-state index contributed by atoms with van der Waals surface area (Å²) >= 11 is 4.99. The number of thioether (sulfide) groups is 1. The van der Waals surface area contributed by atoms with Crippen molar-refractivity contribution in [3.05, 3.63) is 22.2 Å². The summed E-state index contributed by atoms with van der Waals surface area (Å²) in [6.07, 6.45) is 0. The molecule has 0 bridgehead atoms. The molecule has 0 radical (unpaired) electrons. The molecule has 92 valence electrons. The average molecular weight is 316 g/mol. The van der Waals surface area contributed by atoms with Crippen molar-refractivity contribution in [2.75, 3.05) is 11.9 Å². The van der Waals surface area contributed by atoms with E-state index in [1.807, 2.05) is 31.9 Å². The third kappa shape index (κ3) is 2.18. The van der Waals surface area contributed by atoms with E-state index in [-0.39, 0.29) is 6.04 Å². The lowest BCUT2D eigenvalue weighted by atomic mass is 10.1. The number of aryl methyl sites for hydroxylation is 1. The maximum atomic E-state index is 11.2. The largest absolute Gasteiger partial charge is 0.480 e. The van der Waals surface area contributed by atoms with Gasteiger partial charge in [-0.05, 0) is 47.5 Å². The van der Waals surface area contributed by atoms with Crippen molar-refractivity contribution in [3.8, 4) is 0 Å². The standard InChI is InChI=1S/C12H14BrNO2S/c1-6-4-8(13)10-9(5-6)17-11(12(15)16)7(2)14(10)3/h4-5,7,11H,1-3H3,(H,15,16). The van der Waals surface area contributed by atoms with Crippen molar-refractivity contribution in [2.24, 2.45) is 0 Å². The van der Waals surface area contributed by atoms with Gasteiger partial charge in [-0.1, -0.05) is 0 Å². The van der Waals surface area contributed by atoms with E-state index in [1.165, 1.54) is 11.8 Å². The number of hydrogen-bond acceptors (Lipinski definition) is 3. The highest BCUT2D eigenvalue weighted by molar-refractivity contribution is 9.10. The molecule has 0 spiro atoms. The van der Waals surface area contributed by atoms with Crippen LogP contribution in [0.3, 0.4) is 0 Å². The lowest BCUT2D eigenvalue weighted by molar-refractivity contribution is -0.136. The van der Waals surface area contributed by atoms with Gasteiger partial charge in [-0.3, -0.25) is 4.79 Å². The number of hydrogen-bond donors (Lipinski definition) is 1. The van der Waals surface area contributed by atoms with Gasteiger partial charge < -0.3 is 10.0 Å². The number of carbonyl (C=O) groups is 1. The van der Waals surface area contributed by atoms with E-state index >= 15 is 0 Å². The van der Waals surface area contributed by atoms with Crippen LogP contribution in [-0.2, 0) is 4.79 Å². The second-order valence-electron chi connectivity index (χ2n) is 4.32. The van der Waals surface area contributed by atoms with Crippen molar-refractivity contribution in [1.29, 1.82) is 0 Å². The SMILES string of the molecule is Cc1cc(Br)c2c(c1)SC(C(=O)O)C(C)N2C. The van der Waals surface area contributed by atoms with Gasteiger partial charge in [0.05, 0.1) is 5.69 Å². The maximum Gasteiger partial charge on any atom is 0.319 e. The number of halogens is 1. The summed E-state index contributed by atoms with van der Waals surface area (Å²) in [5, 5.41) is 8.82. The van der Waals surface area contributed by atoms with Crippen LogP contribution in [0.5, 0.6) is 0 Å². The van der Waals surface area contributed by atoms with Crippen LogP contribution in [-0.4, -0.2) is 29.4 Å². The fraction of sp³-hybridized carbons (Fsp3) is 0.417. The van der Waals surface area contributed by atoms with Crippen LogP contribution in [0.2, 0.25) is 0 Å². The first-order chi connectivity index (χ1) is 7.91. The third-order valence-electron chi connectivity index (χ3n) is 3.07. The monoisotopic (exact) mass is 315 g/mol. The summed E-state index contributed by atoms with van der Waals surface area (Å²) in [5.74, 6) is -0.752. The fourth-order valence-corrected chi connectivity index (χ4v) is 4.39. The van der Waals surface area contributed by atoms with E-state index in [0.29, 0.717) is 0 Å². The first kappa shape index (κ1) is 12.8. The number of carboxylic acid groups (broad SMARTS) is 1. The minimum absolute atomic E-state index is 0.0241. The third-order valence-corrected chi connectivity index (χ3v) is 5.09. The normalized spacial score (nSPS) is 23.4. The quantitative estimate of drug-likeness (QED) is 0.864. The Kier molecular flexibility index (Phi) is 3.41. The minimum Gasteiger partial charge on any atom is -0.480 e. The number of nitrogens with zero attached hydrogens (tertiary/aromatic N) is 1. The first-order valence-electron chi connectivity index (χ1n) is 5.34. The van der Waals surface area contributed by atoms with Crippen LogP contribution < -0.4 is 4.90 Å². The zero-order valence-electron chi connectivity index (χ0n) is 9.90. The van der Waals surface area contributed by atoms with Crippen molar-refractivity contribution >= 4 is 39.3 Å². The number of fused-ring (bicyclic) bond motifs is 1. The Morgan fingerprint density at radius 3 is 2.76 bits per heavy atom. The number of anilines is 1. The highest BCUT2D eigenvalue weighted by atomic mass is 79.9. The van der Waals surface area contributed by atoms with E-state index in [9.17, 15) is 9.90 Å². The maximum absolute atomic E-state index is 11.2. The molecule has 1 N–H and O–H groups in total. The molecule has 0 fully saturated rings. The second-order valence-corrected chi connectivity index (χ2v) is 6.36. The average Bonchev–Trinajstić information content (AvgIpc) is 2.21. The predicted molar refractivity (Wildman–Crippen MR) is 74.0 cm³/mol. The number of aliphatic carboxylic acids is 1. The van der Waals surface area contributed by atoms with Crippen molar-refractivity contribution < 1.29 is 9.90 Å². The molecule has 2 unspecified atom stereocenters. The fourth-order valence-electron chi connectivity index (χ4n) is 2.03. The van der Waals surface area contributed by atoms with Gasteiger partial charge in [0.25, 0.3) is 0 Å². The Bertz CT molecular complexity index is 478. The number of benzene rings is 1. The molecule has 1 aromatic rings. The van der Waals surface area contributed by atoms with Crippen LogP contribution in [0.15, 0.2) is 21.5 Å². The molecule has 0 aromatic heterocycles. The Hall–Kier alpha value is -0.680. The van der Waals surface area contributed by atoms with Crippen LogP contribution in [0.1, 0.15) is 12.5 Å². The molecule has 1 heterocycles. The number of rotatable bonds is 1. The van der Waals surface area contributed by atoms with Crippen LogP contribution in [0, 0.1) is 6.92 Å². The molecular formula is C12H14BrNO2S. The first-order valence-corrected chi connectivity index (χ1v) is 7.01. The smallest absolute Gasteiger partial charge is 0.319 e. The van der Waals surface area contributed by atoms with E-state index < -0.39 is 11.2 Å². The lowest BCUT2D eigenvalue weighted by Crippen LogP contribution is -2.44. The van der Waals surface area contributed by atoms with Gasteiger partial charge in [0.2, 0.25) is 0 Å². The minimum atomic E-state index is -0.752. The van der Waals surface area contributed by atoms with Gasteiger partial charge >= 0.3 is 5.97 Å². The Labute approximate surface area is 113 Å². The van der Waals surface area contributed by atoms with Gasteiger partial charge in [0.1, 0.15) is 5.25 Å². The molecule has 17 heavy (non-hydrogen) atoms. The topological polar surface area (TPSA) is 40.5 Å². The van der Waals surface area contributed by atoms with Crippen molar-refractivity contribution in [2.45, 2.75) is 30.0 Å². The van der Waals surface area contributed by atoms with Crippen molar-refractivity contribution in [3.63, 3.8) is 0 Å². The molecule has 2 atom stereocenters. The van der Waals surface area contributed by atoms with Crippen LogP contribution in [0.4, 0.5) is 5.69 Å². The highest BCUT2D eigenvalue weighted by Crippen LogP contribution is 2.45. The summed E-state index contributed by atoms with van der Waals surface area (Å²) in [5.41, 5.74) is 2.22. The molecule has 3 nitrogen and oxygen atoms in total. The predicted octanol–water partition coefficient (Wildman–Crippen LogP) is 3.14. The lowest BCUT2D eigenvalue weighted by Gasteiger charge is -2.38. The van der Waals surface area contributed by atoms with Gasteiger partial charge in [-0.2, -0.15) is 0 Å². The Balaban J connectivity index is 2.52. The highest BCUT2D eigenvalue weighted by Gasteiger charge is 2.35. The van der Waals surface area contributed by atoms with Gasteiger partial charge in [0, 0.05) is 22.5 Å². The zero-order chi connectivity index (χ0) is 12.7. The van der Waals surface area contributed by atoms with Crippen molar-refractivity contribution in [1.82, 2.24) is 0 Å². The molecule has 5 heteroatoms. The van der Waals surface area contributed by atoms with Crippen LogP contribution in [0.25, 0.3) is 0 Å². The number of carboxylic acids is 1.